The smallest absolute Gasteiger partial charge is 0.224 e. The van der Waals surface area contributed by atoms with Gasteiger partial charge in [0, 0.05) is 38.4 Å². The highest BCUT2D eigenvalue weighted by Crippen LogP contribution is 2.28. The van der Waals surface area contributed by atoms with E-state index in [1.54, 1.807) is 6.20 Å². The first kappa shape index (κ1) is 13.6. The summed E-state index contributed by atoms with van der Waals surface area (Å²) < 4.78 is 0.922. The number of nitrogens with zero attached hydrogens (tertiary/aromatic N) is 4. The van der Waals surface area contributed by atoms with Gasteiger partial charge in [-0.05, 0) is 40.4 Å². The molecule has 2 fully saturated rings. The quantitative estimate of drug-likeness (QED) is 0.772. The summed E-state index contributed by atoms with van der Waals surface area (Å²) in [7, 11) is 0. The zero-order valence-electron chi connectivity index (χ0n) is 10.9. The monoisotopic (exact) mass is 344 g/mol. The maximum absolute atomic E-state index is 5.89. The van der Waals surface area contributed by atoms with Gasteiger partial charge in [-0.3, -0.25) is 4.90 Å². The fourth-order valence-corrected chi connectivity index (χ4v) is 3.70. The van der Waals surface area contributed by atoms with Gasteiger partial charge in [-0.15, -0.1) is 0 Å². The Labute approximate surface area is 127 Å². The topological polar surface area (TPSA) is 32.3 Å². The van der Waals surface area contributed by atoms with Crippen LogP contribution in [0.15, 0.2) is 10.7 Å². The van der Waals surface area contributed by atoms with Gasteiger partial charge >= 0.3 is 0 Å². The van der Waals surface area contributed by atoms with Gasteiger partial charge < -0.3 is 4.90 Å². The van der Waals surface area contributed by atoms with E-state index >= 15 is 0 Å². The molecule has 1 aromatic heterocycles. The molecule has 4 nitrogen and oxygen atoms in total. The molecule has 104 valence electrons. The normalized spacial score (nSPS) is 22.1. The third-order valence-electron chi connectivity index (χ3n) is 4.15. The fraction of sp³-hybridized carbons (Fsp3) is 0.692. The van der Waals surface area contributed by atoms with Crippen molar-refractivity contribution in [2.45, 2.75) is 31.7 Å². The Hall–Kier alpha value is -0.390. The predicted octanol–water partition coefficient (Wildman–Crippen LogP) is 2.96. The number of halogens is 2. The van der Waals surface area contributed by atoms with Gasteiger partial charge in [0.05, 0.1) is 4.47 Å². The third kappa shape index (κ3) is 3.03. The van der Waals surface area contributed by atoms with Crippen molar-refractivity contribution in [3.05, 3.63) is 16.0 Å². The average molecular weight is 346 g/mol. The van der Waals surface area contributed by atoms with Crippen LogP contribution in [-0.2, 0) is 0 Å². The van der Waals surface area contributed by atoms with Crippen LogP contribution in [0.1, 0.15) is 25.7 Å². The van der Waals surface area contributed by atoms with Gasteiger partial charge in [0.15, 0.2) is 0 Å². The molecular weight excluding hydrogens is 328 g/mol. The molecule has 1 saturated heterocycles. The summed E-state index contributed by atoms with van der Waals surface area (Å²) in [5.41, 5.74) is 0. The molecule has 19 heavy (non-hydrogen) atoms. The van der Waals surface area contributed by atoms with Crippen molar-refractivity contribution >= 4 is 33.3 Å². The Morgan fingerprint density at radius 2 is 1.84 bits per heavy atom. The minimum Gasteiger partial charge on any atom is -0.353 e. The second kappa shape index (κ2) is 5.94. The number of anilines is 1. The Morgan fingerprint density at radius 3 is 2.53 bits per heavy atom. The molecule has 0 bridgehead atoms. The molecule has 0 aromatic carbocycles. The standard InChI is InChI=1S/C13H18BrClN4/c14-11-9-16-13(15)17-12(11)19-7-5-18(6-8-19)10-3-1-2-4-10/h9-10H,1-8H2. The lowest BCUT2D eigenvalue weighted by Crippen LogP contribution is -2.50. The zero-order valence-corrected chi connectivity index (χ0v) is 13.2. The molecule has 1 aromatic rings. The molecule has 0 N–H and O–H groups in total. The van der Waals surface area contributed by atoms with Crippen LogP contribution < -0.4 is 4.90 Å². The van der Waals surface area contributed by atoms with Crippen LogP contribution in [0.5, 0.6) is 0 Å². The highest BCUT2D eigenvalue weighted by atomic mass is 79.9. The van der Waals surface area contributed by atoms with Crippen molar-refractivity contribution in [1.29, 1.82) is 0 Å². The molecule has 1 aliphatic carbocycles. The van der Waals surface area contributed by atoms with Crippen LogP contribution in [0.25, 0.3) is 0 Å². The van der Waals surface area contributed by atoms with Crippen LogP contribution in [0, 0.1) is 0 Å². The first-order valence-corrected chi connectivity index (χ1v) is 8.08. The molecule has 3 rings (SSSR count). The fourth-order valence-electron chi connectivity index (χ4n) is 3.13. The van der Waals surface area contributed by atoms with Crippen molar-refractivity contribution in [3.63, 3.8) is 0 Å². The van der Waals surface area contributed by atoms with E-state index in [-0.39, 0.29) is 0 Å². The number of aromatic nitrogens is 2. The van der Waals surface area contributed by atoms with E-state index in [1.165, 1.54) is 25.7 Å². The Morgan fingerprint density at radius 1 is 1.16 bits per heavy atom. The molecule has 2 heterocycles. The molecule has 2 aliphatic rings. The van der Waals surface area contributed by atoms with E-state index in [4.69, 9.17) is 11.6 Å². The number of rotatable bonds is 2. The lowest BCUT2D eigenvalue weighted by atomic mass is 10.2. The highest BCUT2D eigenvalue weighted by molar-refractivity contribution is 9.10. The van der Waals surface area contributed by atoms with E-state index in [0.717, 1.165) is 42.5 Å². The summed E-state index contributed by atoms with van der Waals surface area (Å²) in [5, 5.41) is 0.316. The van der Waals surface area contributed by atoms with E-state index in [1.807, 2.05) is 0 Å². The summed E-state index contributed by atoms with van der Waals surface area (Å²) in [5.74, 6) is 0.922. The second-order valence-electron chi connectivity index (χ2n) is 5.27. The lowest BCUT2D eigenvalue weighted by molar-refractivity contribution is 0.187. The van der Waals surface area contributed by atoms with Crippen LogP contribution >= 0.6 is 27.5 Å². The average Bonchev–Trinajstić information content (AvgIpc) is 2.96. The number of hydrogen-bond donors (Lipinski definition) is 0. The van der Waals surface area contributed by atoms with Gasteiger partial charge in [-0.2, -0.15) is 4.98 Å². The predicted molar refractivity (Wildman–Crippen MR) is 80.8 cm³/mol. The maximum atomic E-state index is 5.89. The number of piperazine rings is 1. The van der Waals surface area contributed by atoms with Crippen LogP contribution in [0.4, 0.5) is 5.82 Å². The van der Waals surface area contributed by atoms with Crippen molar-refractivity contribution < 1.29 is 0 Å². The van der Waals surface area contributed by atoms with Gasteiger partial charge in [0.25, 0.3) is 0 Å². The van der Waals surface area contributed by atoms with E-state index in [2.05, 4.69) is 35.7 Å². The summed E-state index contributed by atoms with van der Waals surface area (Å²) in [4.78, 5) is 13.3. The number of hydrogen-bond acceptors (Lipinski definition) is 4. The Kier molecular flexibility index (Phi) is 4.24. The van der Waals surface area contributed by atoms with E-state index < -0.39 is 0 Å². The Balaban J connectivity index is 1.64. The molecule has 1 saturated carbocycles. The largest absolute Gasteiger partial charge is 0.353 e. The van der Waals surface area contributed by atoms with E-state index in [9.17, 15) is 0 Å². The third-order valence-corrected chi connectivity index (χ3v) is 4.89. The van der Waals surface area contributed by atoms with Gasteiger partial charge in [-0.25, -0.2) is 4.98 Å². The summed E-state index contributed by atoms with van der Waals surface area (Å²) in [6.45, 7) is 4.28. The summed E-state index contributed by atoms with van der Waals surface area (Å²) in [6, 6.07) is 0.819. The van der Waals surface area contributed by atoms with Crippen molar-refractivity contribution in [1.82, 2.24) is 14.9 Å². The van der Waals surface area contributed by atoms with Crippen molar-refractivity contribution in [2.75, 3.05) is 31.1 Å². The summed E-state index contributed by atoms with van der Waals surface area (Å²) >= 11 is 9.40. The molecule has 0 unspecified atom stereocenters. The van der Waals surface area contributed by atoms with Gasteiger partial charge in [0.2, 0.25) is 5.28 Å². The SMILES string of the molecule is Clc1ncc(Br)c(N2CCN(C3CCCC3)CC2)n1. The molecule has 6 heteroatoms. The zero-order chi connectivity index (χ0) is 13.2. The van der Waals surface area contributed by atoms with Crippen LogP contribution in [0.2, 0.25) is 5.28 Å². The molecule has 0 atom stereocenters. The molecule has 0 amide bonds. The molecular formula is C13H18BrClN4. The van der Waals surface area contributed by atoms with Crippen LogP contribution in [-0.4, -0.2) is 47.1 Å². The van der Waals surface area contributed by atoms with Crippen LogP contribution in [0.3, 0.4) is 0 Å². The summed E-state index contributed by atoms with van der Waals surface area (Å²) in [6.07, 6.45) is 7.29. The minimum absolute atomic E-state index is 0.316. The molecule has 1 aliphatic heterocycles. The lowest BCUT2D eigenvalue weighted by Gasteiger charge is -2.38. The maximum Gasteiger partial charge on any atom is 0.224 e. The van der Waals surface area contributed by atoms with Crippen molar-refractivity contribution in [2.24, 2.45) is 0 Å². The Bertz CT molecular complexity index is 442. The van der Waals surface area contributed by atoms with E-state index in [0.29, 0.717) is 5.28 Å². The second-order valence-corrected chi connectivity index (χ2v) is 6.46. The highest BCUT2D eigenvalue weighted by Gasteiger charge is 2.27. The van der Waals surface area contributed by atoms with Crippen molar-refractivity contribution in [3.8, 4) is 0 Å². The molecule has 0 radical (unpaired) electrons. The first-order valence-electron chi connectivity index (χ1n) is 6.91. The van der Waals surface area contributed by atoms with Gasteiger partial charge in [-0.1, -0.05) is 12.8 Å². The first-order chi connectivity index (χ1) is 9.24. The van der Waals surface area contributed by atoms with Gasteiger partial charge in [0.1, 0.15) is 5.82 Å². The molecule has 0 spiro atoms. The minimum atomic E-state index is 0.316.